The van der Waals surface area contributed by atoms with Crippen LogP contribution in [0.1, 0.15) is 5.56 Å². The summed E-state index contributed by atoms with van der Waals surface area (Å²) in [5.41, 5.74) is 3.03. The van der Waals surface area contributed by atoms with Crippen LogP contribution in [-0.4, -0.2) is 5.11 Å². The van der Waals surface area contributed by atoms with Crippen molar-refractivity contribution < 1.29 is 0 Å². The molecule has 0 aliphatic carbocycles. The van der Waals surface area contributed by atoms with Gasteiger partial charge in [0.15, 0.2) is 5.82 Å². The third-order valence-electron chi connectivity index (χ3n) is 2.45. The van der Waals surface area contributed by atoms with E-state index in [9.17, 15) is 0 Å². The monoisotopic (exact) mass is 213 g/mol. The summed E-state index contributed by atoms with van der Waals surface area (Å²) in [6.45, 7) is 3.99. The molecule has 15 heavy (non-hydrogen) atoms. The summed E-state index contributed by atoms with van der Waals surface area (Å²) < 4.78 is 0. The average Bonchev–Trinajstić information content (AvgIpc) is 2.61. The Morgan fingerprint density at radius 3 is 2.87 bits per heavy atom. The Bertz CT molecular complexity index is 543. The van der Waals surface area contributed by atoms with E-state index in [0.29, 0.717) is 5.11 Å². The van der Waals surface area contributed by atoms with Gasteiger partial charge in [0.2, 0.25) is 5.11 Å². The maximum Gasteiger partial charge on any atom is 0.226 e. The van der Waals surface area contributed by atoms with Crippen LogP contribution in [0, 0.1) is 0 Å². The predicted octanol–water partition coefficient (Wildman–Crippen LogP) is 3.11. The molecule has 0 N–H and O–H groups in total. The van der Waals surface area contributed by atoms with Crippen LogP contribution >= 0.6 is 12.2 Å². The number of azo groups is 1. The Morgan fingerprint density at radius 2 is 2.00 bits per heavy atom. The minimum absolute atomic E-state index is 0.487. The first-order valence-electron chi connectivity index (χ1n) is 4.53. The van der Waals surface area contributed by atoms with Crippen molar-refractivity contribution in [2.75, 3.05) is 4.90 Å². The van der Waals surface area contributed by atoms with Gasteiger partial charge in [-0.1, -0.05) is 24.8 Å². The molecule has 3 nitrogen and oxygen atoms in total. The highest BCUT2D eigenvalue weighted by Crippen LogP contribution is 2.38. The summed E-state index contributed by atoms with van der Waals surface area (Å²) in [4.78, 5) is 1.86. The van der Waals surface area contributed by atoms with E-state index in [1.807, 2.05) is 35.2 Å². The second-order valence-corrected chi connectivity index (χ2v) is 3.73. The summed E-state index contributed by atoms with van der Waals surface area (Å²) in [5.74, 6) is 0.753. The molecule has 0 unspecified atom stereocenters. The van der Waals surface area contributed by atoms with Crippen molar-refractivity contribution in [3.8, 4) is 0 Å². The molecular weight excluding hydrogens is 206 g/mol. The molecule has 1 aromatic carbocycles. The molecule has 0 amide bonds. The Morgan fingerprint density at radius 1 is 1.20 bits per heavy atom. The van der Waals surface area contributed by atoms with Crippen LogP contribution in [0.2, 0.25) is 0 Å². The number of rotatable bonds is 0. The van der Waals surface area contributed by atoms with Crippen LogP contribution in [0.25, 0.3) is 5.57 Å². The number of fused-ring (bicyclic) bond motifs is 3. The molecule has 0 saturated heterocycles. The maximum atomic E-state index is 5.13. The van der Waals surface area contributed by atoms with Crippen LogP contribution in [0.15, 0.2) is 53.0 Å². The maximum absolute atomic E-state index is 5.13. The van der Waals surface area contributed by atoms with Crippen molar-refractivity contribution in [3.05, 3.63) is 48.3 Å². The zero-order chi connectivity index (χ0) is 10.4. The molecule has 72 valence electrons. The smallest absolute Gasteiger partial charge is 0.226 e. The molecule has 0 saturated carbocycles. The topological polar surface area (TPSA) is 28.0 Å². The number of allylic oxidation sites excluding steroid dienone is 2. The Kier molecular flexibility index (Phi) is 1.61. The first-order valence-corrected chi connectivity index (χ1v) is 4.94. The van der Waals surface area contributed by atoms with Gasteiger partial charge in [-0.25, -0.2) is 0 Å². The van der Waals surface area contributed by atoms with Gasteiger partial charge in [-0.05, 0) is 29.9 Å². The van der Waals surface area contributed by atoms with Crippen LogP contribution in [0.5, 0.6) is 0 Å². The van der Waals surface area contributed by atoms with Crippen LogP contribution in [-0.2, 0) is 0 Å². The van der Waals surface area contributed by atoms with E-state index in [2.05, 4.69) is 16.8 Å². The minimum atomic E-state index is 0.487. The molecule has 0 spiro atoms. The summed E-state index contributed by atoms with van der Waals surface area (Å²) in [6.07, 6.45) is 1.89. The fourth-order valence-electron chi connectivity index (χ4n) is 1.78. The normalized spacial score (nSPS) is 17.6. The van der Waals surface area contributed by atoms with Gasteiger partial charge >= 0.3 is 0 Å². The number of thiocarbonyl (C=S) groups is 1. The van der Waals surface area contributed by atoms with E-state index in [0.717, 1.165) is 22.6 Å². The largest absolute Gasteiger partial charge is 0.266 e. The van der Waals surface area contributed by atoms with Gasteiger partial charge in [0, 0.05) is 5.56 Å². The van der Waals surface area contributed by atoms with Gasteiger partial charge in [-0.15, -0.1) is 10.2 Å². The molecule has 4 heteroatoms. The van der Waals surface area contributed by atoms with Gasteiger partial charge < -0.3 is 0 Å². The van der Waals surface area contributed by atoms with Crippen LogP contribution in [0.3, 0.4) is 0 Å². The predicted molar refractivity (Wildman–Crippen MR) is 63.5 cm³/mol. The van der Waals surface area contributed by atoms with Crippen molar-refractivity contribution >= 4 is 28.6 Å². The lowest BCUT2D eigenvalue weighted by molar-refractivity contribution is 1.17. The van der Waals surface area contributed by atoms with E-state index in [4.69, 9.17) is 12.2 Å². The first kappa shape index (κ1) is 8.49. The third kappa shape index (κ3) is 1.08. The zero-order valence-corrected chi connectivity index (χ0v) is 8.66. The highest BCUT2D eigenvalue weighted by atomic mass is 32.1. The zero-order valence-electron chi connectivity index (χ0n) is 7.84. The van der Waals surface area contributed by atoms with E-state index in [1.165, 1.54) is 0 Å². The second kappa shape index (κ2) is 2.84. The highest BCUT2D eigenvalue weighted by Gasteiger charge is 2.28. The molecule has 3 rings (SSSR count). The number of hydrogen-bond donors (Lipinski definition) is 0. The van der Waals surface area contributed by atoms with Crippen molar-refractivity contribution in [2.45, 2.75) is 0 Å². The number of anilines is 1. The molecule has 2 aliphatic rings. The number of para-hydroxylation sites is 1. The number of hydrogen-bond acceptors (Lipinski definition) is 2. The van der Waals surface area contributed by atoms with Gasteiger partial charge in [-0.2, -0.15) is 0 Å². The Labute approximate surface area is 92.4 Å². The molecule has 0 aromatic heterocycles. The SMILES string of the molecule is C=C1C=C2N=NC(=S)N2c2ccccc21. The fourth-order valence-corrected chi connectivity index (χ4v) is 2.01. The highest BCUT2D eigenvalue weighted by molar-refractivity contribution is 7.80. The number of benzene rings is 1. The summed E-state index contributed by atoms with van der Waals surface area (Å²) >= 11 is 5.13. The lowest BCUT2D eigenvalue weighted by atomic mass is 10.0. The van der Waals surface area contributed by atoms with Gasteiger partial charge in [0.25, 0.3) is 0 Å². The Balaban J connectivity index is 2.27. The van der Waals surface area contributed by atoms with Gasteiger partial charge in [0.1, 0.15) is 0 Å². The second-order valence-electron chi connectivity index (χ2n) is 3.36. The molecule has 1 aromatic rings. The molecule has 2 aliphatic heterocycles. The molecular formula is C11H7N3S. The van der Waals surface area contributed by atoms with E-state index >= 15 is 0 Å². The first-order chi connectivity index (χ1) is 7.27. The number of nitrogens with zero attached hydrogens (tertiary/aromatic N) is 3. The summed E-state index contributed by atoms with van der Waals surface area (Å²) in [7, 11) is 0. The summed E-state index contributed by atoms with van der Waals surface area (Å²) in [6, 6.07) is 7.97. The van der Waals surface area contributed by atoms with E-state index in [-0.39, 0.29) is 0 Å². The average molecular weight is 213 g/mol. The van der Waals surface area contributed by atoms with E-state index < -0.39 is 0 Å². The van der Waals surface area contributed by atoms with Crippen molar-refractivity contribution in [3.63, 3.8) is 0 Å². The molecule has 2 heterocycles. The van der Waals surface area contributed by atoms with Crippen molar-refractivity contribution in [2.24, 2.45) is 10.2 Å². The Hall–Kier alpha value is -1.81. The molecule has 0 bridgehead atoms. The minimum Gasteiger partial charge on any atom is -0.266 e. The van der Waals surface area contributed by atoms with Gasteiger partial charge in [-0.3, -0.25) is 4.90 Å². The quantitative estimate of drug-likeness (QED) is 0.619. The molecule has 0 radical (unpaired) electrons. The van der Waals surface area contributed by atoms with Crippen LogP contribution < -0.4 is 4.90 Å². The van der Waals surface area contributed by atoms with Crippen molar-refractivity contribution in [1.82, 2.24) is 0 Å². The van der Waals surface area contributed by atoms with E-state index in [1.54, 1.807) is 0 Å². The standard InChI is InChI=1S/C11H7N3S/c1-7-6-10-12-13-11(15)14(10)9-5-3-2-4-8(7)9/h2-6H,1H2. The third-order valence-corrected chi connectivity index (χ3v) is 2.72. The fraction of sp³-hybridized carbons (Fsp3) is 0. The van der Waals surface area contributed by atoms with Gasteiger partial charge in [0.05, 0.1) is 5.69 Å². The lowest BCUT2D eigenvalue weighted by Gasteiger charge is -2.24. The van der Waals surface area contributed by atoms with Crippen molar-refractivity contribution in [1.29, 1.82) is 0 Å². The lowest BCUT2D eigenvalue weighted by Crippen LogP contribution is -2.24. The summed E-state index contributed by atoms with van der Waals surface area (Å²) in [5, 5.41) is 8.37. The molecule has 0 atom stereocenters. The van der Waals surface area contributed by atoms with Crippen LogP contribution in [0.4, 0.5) is 5.69 Å². The molecule has 0 fully saturated rings.